The molecule has 5 nitrogen and oxygen atoms in total. The predicted octanol–water partition coefficient (Wildman–Crippen LogP) is 1.05. The molecule has 2 aromatic heterocycles. The van der Waals surface area contributed by atoms with E-state index >= 15 is 0 Å². The van der Waals surface area contributed by atoms with Crippen molar-refractivity contribution in [1.29, 1.82) is 0 Å². The fourth-order valence-corrected chi connectivity index (χ4v) is 1.33. The Bertz CT molecular complexity index is 464. The Labute approximate surface area is 81.3 Å². The van der Waals surface area contributed by atoms with Gasteiger partial charge < -0.3 is 9.47 Å². The van der Waals surface area contributed by atoms with E-state index in [0.29, 0.717) is 17.5 Å². The molecular weight excluding hydrogens is 182 g/mol. The number of aryl methyl sites for hydroxylation is 1. The van der Waals surface area contributed by atoms with E-state index in [1.807, 2.05) is 11.3 Å². The number of hydrogen-bond donors (Lipinski definition) is 0. The Balaban J connectivity index is 2.76. The van der Waals surface area contributed by atoms with Crippen molar-refractivity contribution < 1.29 is 9.47 Å². The van der Waals surface area contributed by atoms with Gasteiger partial charge in [0.25, 0.3) is 0 Å². The molecule has 0 aromatic carbocycles. The quantitative estimate of drug-likeness (QED) is 0.715. The molecule has 0 radical (unpaired) electrons. The summed E-state index contributed by atoms with van der Waals surface area (Å²) in [5.41, 5.74) is 0.979. The first kappa shape index (κ1) is 8.80. The number of hydrogen-bond acceptors (Lipinski definition) is 4. The van der Waals surface area contributed by atoms with Crippen LogP contribution in [-0.4, -0.2) is 28.6 Å². The van der Waals surface area contributed by atoms with Crippen LogP contribution in [0.15, 0.2) is 12.3 Å². The molecule has 0 saturated carbocycles. The number of methoxy groups -OCH3 is 2. The summed E-state index contributed by atoms with van der Waals surface area (Å²) in [7, 11) is 3.17. The molecule has 0 N–H and O–H groups in total. The van der Waals surface area contributed by atoms with Crippen molar-refractivity contribution in [3.8, 4) is 11.8 Å². The third kappa shape index (κ3) is 1.17. The Morgan fingerprint density at radius 1 is 1.29 bits per heavy atom. The molecular formula is C9H11N3O2. The number of fused-ring (bicyclic) bond motifs is 1. The molecule has 0 unspecified atom stereocenters. The maximum atomic E-state index is 5.21. The molecule has 0 aliphatic heterocycles. The lowest BCUT2D eigenvalue weighted by molar-refractivity contribution is 0.369. The van der Waals surface area contributed by atoms with Gasteiger partial charge in [-0.1, -0.05) is 0 Å². The third-order valence-electron chi connectivity index (χ3n) is 2.02. The highest BCUT2D eigenvalue weighted by Crippen LogP contribution is 2.20. The highest BCUT2D eigenvalue weighted by atomic mass is 16.5. The molecule has 0 atom stereocenters. The number of rotatable bonds is 2. The number of imidazole rings is 1. The SMILES string of the molecule is COc1cc(OC)n2c(C)cnc2n1. The second kappa shape index (κ2) is 3.17. The highest BCUT2D eigenvalue weighted by molar-refractivity contribution is 5.40. The Morgan fingerprint density at radius 3 is 2.71 bits per heavy atom. The van der Waals surface area contributed by atoms with Crippen LogP contribution in [0, 0.1) is 6.92 Å². The molecule has 2 aromatic rings. The second-order valence-electron chi connectivity index (χ2n) is 2.88. The normalized spacial score (nSPS) is 10.5. The van der Waals surface area contributed by atoms with Crippen LogP contribution in [-0.2, 0) is 0 Å². The summed E-state index contributed by atoms with van der Waals surface area (Å²) in [6.45, 7) is 1.94. The molecule has 0 amide bonds. The van der Waals surface area contributed by atoms with Gasteiger partial charge in [-0.15, -0.1) is 0 Å². The number of ether oxygens (including phenoxy) is 2. The standard InChI is InChI=1S/C9H11N3O2/c1-6-5-10-9-11-7(13-2)4-8(14-3)12(6)9/h4-5H,1-3H3. The summed E-state index contributed by atoms with van der Waals surface area (Å²) in [6, 6.07) is 1.72. The molecule has 0 spiro atoms. The van der Waals surface area contributed by atoms with E-state index in [9.17, 15) is 0 Å². The Kier molecular flexibility index (Phi) is 1.99. The lowest BCUT2D eigenvalue weighted by Gasteiger charge is -2.06. The van der Waals surface area contributed by atoms with E-state index in [0.717, 1.165) is 5.69 Å². The van der Waals surface area contributed by atoms with E-state index in [-0.39, 0.29) is 0 Å². The first-order valence-electron chi connectivity index (χ1n) is 4.19. The summed E-state index contributed by atoms with van der Waals surface area (Å²) >= 11 is 0. The molecule has 0 saturated heterocycles. The van der Waals surface area contributed by atoms with E-state index in [2.05, 4.69) is 9.97 Å². The van der Waals surface area contributed by atoms with Gasteiger partial charge in [-0.2, -0.15) is 4.98 Å². The maximum Gasteiger partial charge on any atom is 0.240 e. The van der Waals surface area contributed by atoms with Crippen molar-refractivity contribution in [1.82, 2.24) is 14.4 Å². The van der Waals surface area contributed by atoms with Crippen LogP contribution >= 0.6 is 0 Å². The summed E-state index contributed by atoms with van der Waals surface area (Å²) in [4.78, 5) is 8.30. The monoisotopic (exact) mass is 193 g/mol. The van der Waals surface area contributed by atoms with Crippen LogP contribution in [0.25, 0.3) is 5.78 Å². The van der Waals surface area contributed by atoms with Crippen LogP contribution in [0.4, 0.5) is 0 Å². The van der Waals surface area contributed by atoms with Crippen molar-refractivity contribution in [2.24, 2.45) is 0 Å². The van der Waals surface area contributed by atoms with E-state index in [1.165, 1.54) is 0 Å². The van der Waals surface area contributed by atoms with Gasteiger partial charge in [0.05, 0.1) is 26.5 Å². The smallest absolute Gasteiger partial charge is 0.240 e. The summed E-state index contributed by atoms with van der Waals surface area (Å²) < 4.78 is 12.1. The fraction of sp³-hybridized carbons (Fsp3) is 0.333. The van der Waals surface area contributed by atoms with Crippen LogP contribution in [0.3, 0.4) is 0 Å². The molecule has 2 rings (SSSR count). The van der Waals surface area contributed by atoms with Gasteiger partial charge in [-0.05, 0) is 6.92 Å². The molecule has 2 heterocycles. The van der Waals surface area contributed by atoms with Gasteiger partial charge >= 0.3 is 0 Å². The van der Waals surface area contributed by atoms with Gasteiger partial charge in [-0.25, -0.2) is 4.98 Å². The predicted molar refractivity (Wildman–Crippen MR) is 50.8 cm³/mol. The zero-order chi connectivity index (χ0) is 10.1. The molecule has 0 aliphatic carbocycles. The molecule has 0 bridgehead atoms. The lowest BCUT2D eigenvalue weighted by atomic mass is 10.5. The van der Waals surface area contributed by atoms with Crippen molar-refractivity contribution in [3.05, 3.63) is 18.0 Å². The van der Waals surface area contributed by atoms with Crippen molar-refractivity contribution in [2.45, 2.75) is 6.92 Å². The van der Waals surface area contributed by atoms with Crippen LogP contribution in [0.5, 0.6) is 11.8 Å². The number of aromatic nitrogens is 3. The minimum absolute atomic E-state index is 0.500. The average molecular weight is 193 g/mol. The zero-order valence-electron chi connectivity index (χ0n) is 8.31. The molecule has 14 heavy (non-hydrogen) atoms. The van der Waals surface area contributed by atoms with Gasteiger partial charge in [0.1, 0.15) is 0 Å². The van der Waals surface area contributed by atoms with E-state index in [1.54, 1.807) is 26.5 Å². The number of nitrogens with zero attached hydrogens (tertiary/aromatic N) is 3. The Hall–Kier alpha value is -1.78. The summed E-state index contributed by atoms with van der Waals surface area (Å²) in [5, 5.41) is 0. The first-order valence-corrected chi connectivity index (χ1v) is 4.19. The first-order chi connectivity index (χ1) is 6.76. The highest BCUT2D eigenvalue weighted by Gasteiger charge is 2.08. The van der Waals surface area contributed by atoms with Gasteiger partial charge in [0.2, 0.25) is 17.5 Å². The van der Waals surface area contributed by atoms with Crippen LogP contribution in [0.1, 0.15) is 5.69 Å². The Morgan fingerprint density at radius 2 is 2.07 bits per heavy atom. The van der Waals surface area contributed by atoms with Crippen LogP contribution < -0.4 is 9.47 Å². The molecule has 0 fully saturated rings. The molecule has 5 heteroatoms. The minimum atomic E-state index is 0.500. The van der Waals surface area contributed by atoms with Crippen molar-refractivity contribution >= 4 is 5.78 Å². The lowest BCUT2D eigenvalue weighted by Crippen LogP contribution is -1.99. The molecule has 74 valence electrons. The van der Waals surface area contributed by atoms with Gasteiger partial charge in [0.15, 0.2) is 0 Å². The summed E-state index contributed by atoms with van der Waals surface area (Å²) in [6.07, 6.45) is 1.74. The zero-order valence-corrected chi connectivity index (χ0v) is 8.31. The van der Waals surface area contributed by atoms with Crippen molar-refractivity contribution in [3.63, 3.8) is 0 Å². The summed E-state index contributed by atoms with van der Waals surface area (Å²) in [5.74, 6) is 1.75. The topological polar surface area (TPSA) is 48.7 Å². The largest absolute Gasteiger partial charge is 0.482 e. The minimum Gasteiger partial charge on any atom is -0.482 e. The average Bonchev–Trinajstić information content (AvgIpc) is 2.59. The van der Waals surface area contributed by atoms with Gasteiger partial charge in [-0.3, -0.25) is 4.40 Å². The maximum absolute atomic E-state index is 5.21. The third-order valence-corrected chi connectivity index (χ3v) is 2.02. The fourth-order valence-electron chi connectivity index (χ4n) is 1.33. The van der Waals surface area contributed by atoms with Crippen molar-refractivity contribution in [2.75, 3.05) is 14.2 Å². The van der Waals surface area contributed by atoms with Gasteiger partial charge in [0, 0.05) is 5.69 Å². The van der Waals surface area contributed by atoms with E-state index in [4.69, 9.17) is 9.47 Å². The van der Waals surface area contributed by atoms with E-state index < -0.39 is 0 Å². The van der Waals surface area contributed by atoms with Crippen LogP contribution in [0.2, 0.25) is 0 Å². The second-order valence-corrected chi connectivity index (χ2v) is 2.88. The molecule has 0 aliphatic rings.